The lowest BCUT2D eigenvalue weighted by molar-refractivity contribution is -0.138. The first-order valence-corrected chi connectivity index (χ1v) is 9.88. The van der Waals surface area contributed by atoms with Crippen molar-refractivity contribution in [3.8, 4) is 0 Å². The van der Waals surface area contributed by atoms with Crippen LogP contribution in [0.5, 0.6) is 0 Å². The number of nitrogens with two attached hydrogens (primary N) is 2. The van der Waals surface area contributed by atoms with E-state index in [1.54, 1.807) is 0 Å². The summed E-state index contributed by atoms with van der Waals surface area (Å²) in [5.74, 6) is -3.84. The SMILES string of the molecule is CSCCC(N)C(=O)NC(CS)C(=O)NC(CC(N)=O)C(=O)NCC(=O)O. The summed E-state index contributed by atoms with van der Waals surface area (Å²) >= 11 is 5.51. The highest BCUT2D eigenvalue weighted by Crippen LogP contribution is 2.01. The van der Waals surface area contributed by atoms with E-state index in [1.165, 1.54) is 11.8 Å². The molecule has 0 heterocycles. The highest BCUT2D eigenvalue weighted by molar-refractivity contribution is 7.98. The number of thiol groups is 1. The molecule has 0 aromatic heterocycles. The number of hydrogen-bond acceptors (Lipinski definition) is 8. The molecule has 11 nitrogen and oxygen atoms in total. The average Bonchev–Trinajstić information content (AvgIpc) is 2.60. The molecule has 0 rings (SSSR count). The van der Waals surface area contributed by atoms with Crippen LogP contribution >= 0.6 is 24.4 Å². The lowest BCUT2D eigenvalue weighted by atomic mass is 10.1. The Balaban J connectivity index is 4.93. The van der Waals surface area contributed by atoms with E-state index in [9.17, 15) is 24.0 Å². The number of aliphatic carboxylic acids is 1. The monoisotopic (exact) mass is 423 g/mol. The second-order valence-corrected chi connectivity index (χ2v) is 6.83. The smallest absolute Gasteiger partial charge is 0.322 e. The van der Waals surface area contributed by atoms with Gasteiger partial charge in [-0.15, -0.1) is 0 Å². The van der Waals surface area contributed by atoms with Gasteiger partial charge in [-0.05, 0) is 18.4 Å². The van der Waals surface area contributed by atoms with Crippen LogP contribution < -0.4 is 27.4 Å². The Labute approximate surface area is 166 Å². The van der Waals surface area contributed by atoms with Crippen molar-refractivity contribution >= 4 is 54.0 Å². The molecule has 3 atom stereocenters. The van der Waals surface area contributed by atoms with Crippen molar-refractivity contribution < 1.29 is 29.1 Å². The minimum Gasteiger partial charge on any atom is -0.480 e. The maximum Gasteiger partial charge on any atom is 0.322 e. The maximum absolute atomic E-state index is 12.3. The summed E-state index contributed by atoms with van der Waals surface area (Å²) in [5.41, 5.74) is 10.8. The van der Waals surface area contributed by atoms with Gasteiger partial charge in [-0.1, -0.05) is 0 Å². The highest BCUT2D eigenvalue weighted by Gasteiger charge is 2.28. The van der Waals surface area contributed by atoms with Gasteiger partial charge in [0.2, 0.25) is 23.6 Å². The van der Waals surface area contributed by atoms with Crippen molar-refractivity contribution in [1.82, 2.24) is 16.0 Å². The summed E-state index contributed by atoms with van der Waals surface area (Å²) in [7, 11) is 0. The molecule has 27 heavy (non-hydrogen) atoms. The Morgan fingerprint density at radius 1 is 1.07 bits per heavy atom. The van der Waals surface area contributed by atoms with Gasteiger partial charge in [0.1, 0.15) is 18.6 Å². The Morgan fingerprint density at radius 2 is 1.67 bits per heavy atom. The molecule has 8 N–H and O–H groups in total. The van der Waals surface area contributed by atoms with Crippen LogP contribution in [0.15, 0.2) is 0 Å². The van der Waals surface area contributed by atoms with Gasteiger partial charge < -0.3 is 32.5 Å². The summed E-state index contributed by atoms with van der Waals surface area (Å²) in [6.45, 7) is -0.693. The number of carbonyl (C=O) groups is 5. The summed E-state index contributed by atoms with van der Waals surface area (Å²) < 4.78 is 0. The molecule has 0 aliphatic rings. The Morgan fingerprint density at radius 3 is 2.15 bits per heavy atom. The molecule has 0 aromatic rings. The summed E-state index contributed by atoms with van der Waals surface area (Å²) in [6.07, 6.45) is 1.73. The van der Waals surface area contributed by atoms with Crippen molar-refractivity contribution in [3.63, 3.8) is 0 Å². The van der Waals surface area contributed by atoms with Crippen molar-refractivity contribution in [3.05, 3.63) is 0 Å². The summed E-state index contributed by atoms with van der Waals surface area (Å²) in [5, 5.41) is 15.3. The number of hydrogen-bond donors (Lipinski definition) is 7. The van der Waals surface area contributed by atoms with Gasteiger partial charge in [0, 0.05) is 5.75 Å². The van der Waals surface area contributed by atoms with E-state index in [2.05, 4.69) is 23.3 Å². The molecular formula is C14H25N5O6S2. The molecule has 0 saturated carbocycles. The van der Waals surface area contributed by atoms with E-state index < -0.39 is 60.7 Å². The molecule has 0 spiro atoms. The first-order valence-electron chi connectivity index (χ1n) is 7.86. The van der Waals surface area contributed by atoms with Gasteiger partial charge in [-0.2, -0.15) is 24.4 Å². The van der Waals surface area contributed by atoms with Crippen LogP contribution in [0.1, 0.15) is 12.8 Å². The van der Waals surface area contributed by atoms with Crippen LogP contribution in [0, 0.1) is 0 Å². The molecule has 0 aliphatic carbocycles. The molecular weight excluding hydrogens is 398 g/mol. The highest BCUT2D eigenvalue weighted by atomic mass is 32.2. The molecule has 3 unspecified atom stereocenters. The Hall–Kier alpha value is -1.99. The fraction of sp³-hybridized carbons (Fsp3) is 0.643. The number of thioether (sulfide) groups is 1. The molecule has 0 radical (unpaired) electrons. The van der Waals surface area contributed by atoms with Gasteiger partial charge in [0.15, 0.2) is 0 Å². The minimum absolute atomic E-state index is 0.0904. The number of amides is 4. The lowest BCUT2D eigenvalue weighted by Crippen LogP contribution is -2.57. The second-order valence-electron chi connectivity index (χ2n) is 5.47. The lowest BCUT2D eigenvalue weighted by Gasteiger charge is -2.22. The van der Waals surface area contributed by atoms with E-state index in [0.717, 1.165) is 0 Å². The standard InChI is InChI=1S/C14H25N5O6S2/c1-27-3-2-7(15)12(23)19-9(6-26)14(25)18-8(4-10(16)20)13(24)17-5-11(21)22/h7-9,26H,2-6,15H2,1H3,(H2,16,20)(H,17,24)(H,18,25)(H,19,23)(H,21,22). The topological polar surface area (TPSA) is 194 Å². The molecule has 0 bridgehead atoms. The number of nitrogens with one attached hydrogen (secondary N) is 3. The zero-order chi connectivity index (χ0) is 21.0. The van der Waals surface area contributed by atoms with Crippen molar-refractivity contribution in [1.29, 1.82) is 0 Å². The van der Waals surface area contributed by atoms with E-state index in [-0.39, 0.29) is 5.75 Å². The van der Waals surface area contributed by atoms with Crippen molar-refractivity contribution in [2.45, 2.75) is 31.0 Å². The number of carbonyl (C=O) groups excluding carboxylic acids is 4. The summed E-state index contributed by atoms with van der Waals surface area (Å²) in [4.78, 5) is 57.9. The van der Waals surface area contributed by atoms with Gasteiger partial charge >= 0.3 is 5.97 Å². The fourth-order valence-electron chi connectivity index (χ4n) is 1.82. The van der Waals surface area contributed by atoms with Crippen LogP contribution in [0.2, 0.25) is 0 Å². The fourth-order valence-corrected chi connectivity index (χ4v) is 2.56. The van der Waals surface area contributed by atoms with Crippen molar-refractivity contribution in [2.24, 2.45) is 11.5 Å². The van der Waals surface area contributed by atoms with E-state index in [4.69, 9.17) is 16.6 Å². The average molecular weight is 424 g/mol. The van der Waals surface area contributed by atoms with Gasteiger partial charge in [0.05, 0.1) is 12.5 Å². The van der Waals surface area contributed by atoms with Crippen LogP contribution in [-0.2, 0) is 24.0 Å². The van der Waals surface area contributed by atoms with Gasteiger partial charge in [0.25, 0.3) is 0 Å². The molecule has 4 amide bonds. The number of carboxylic acid groups (broad SMARTS) is 1. The third-order valence-corrected chi connectivity index (χ3v) is 4.25. The van der Waals surface area contributed by atoms with Crippen LogP contribution in [0.4, 0.5) is 0 Å². The first kappa shape index (κ1) is 25.0. The third kappa shape index (κ3) is 10.7. The number of carboxylic acids is 1. The molecule has 0 saturated heterocycles. The molecule has 0 aromatic carbocycles. The van der Waals surface area contributed by atoms with Crippen LogP contribution in [-0.4, -0.2) is 77.1 Å². The predicted molar refractivity (Wildman–Crippen MR) is 103 cm³/mol. The third-order valence-electron chi connectivity index (χ3n) is 3.24. The molecule has 0 fully saturated rings. The maximum atomic E-state index is 12.3. The normalized spacial score (nSPS) is 13.7. The first-order chi connectivity index (χ1) is 12.6. The van der Waals surface area contributed by atoms with E-state index in [1.807, 2.05) is 11.6 Å². The number of rotatable bonds is 13. The quantitative estimate of drug-likeness (QED) is 0.153. The molecule has 0 aliphatic heterocycles. The van der Waals surface area contributed by atoms with Crippen LogP contribution in [0.25, 0.3) is 0 Å². The predicted octanol–water partition coefficient (Wildman–Crippen LogP) is -2.96. The molecule has 154 valence electrons. The molecule has 13 heteroatoms. The minimum atomic E-state index is -1.39. The largest absolute Gasteiger partial charge is 0.480 e. The zero-order valence-electron chi connectivity index (χ0n) is 14.8. The Kier molecular flexibility index (Phi) is 12.2. The number of primary amides is 1. The van der Waals surface area contributed by atoms with Crippen molar-refractivity contribution in [2.75, 3.05) is 24.3 Å². The van der Waals surface area contributed by atoms with Gasteiger partial charge in [-0.25, -0.2) is 0 Å². The van der Waals surface area contributed by atoms with E-state index in [0.29, 0.717) is 12.2 Å². The second kappa shape index (κ2) is 13.2. The Bertz CT molecular complexity index is 562. The van der Waals surface area contributed by atoms with E-state index >= 15 is 0 Å². The summed E-state index contributed by atoms with van der Waals surface area (Å²) in [6, 6.07) is -3.31. The zero-order valence-corrected chi connectivity index (χ0v) is 16.5. The van der Waals surface area contributed by atoms with Crippen LogP contribution in [0.3, 0.4) is 0 Å². The van der Waals surface area contributed by atoms with Gasteiger partial charge in [-0.3, -0.25) is 24.0 Å².